The van der Waals surface area contributed by atoms with Gasteiger partial charge >= 0.3 is 0 Å². The zero-order chi connectivity index (χ0) is 6.15. The van der Waals surface area contributed by atoms with Crippen molar-refractivity contribution in [3.63, 3.8) is 0 Å². The van der Waals surface area contributed by atoms with Gasteiger partial charge in [0.2, 0.25) is 0 Å². The van der Waals surface area contributed by atoms with E-state index in [0.717, 1.165) is 0 Å². The Morgan fingerprint density at radius 3 is 2.50 bits per heavy atom. The summed E-state index contributed by atoms with van der Waals surface area (Å²) >= 11 is 0. The van der Waals surface area contributed by atoms with E-state index in [1.165, 1.54) is 0 Å². The van der Waals surface area contributed by atoms with Gasteiger partial charge in [-0.1, -0.05) is 6.58 Å². The lowest BCUT2D eigenvalue weighted by Crippen LogP contribution is -2.05. The third kappa shape index (κ3) is 0.954. The third-order valence-electron chi connectivity index (χ3n) is 1.05. The van der Waals surface area contributed by atoms with Crippen LogP contribution in [0.25, 0.3) is 0 Å². The van der Waals surface area contributed by atoms with Gasteiger partial charge in [0, 0.05) is 0 Å². The number of ether oxygens (including phenoxy) is 1. The molecule has 8 heavy (non-hydrogen) atoms. The van der Waals surface area contributed by atoms with E-state index in [2.05, 4.69) is 6.58 Å². The van der Waals surface area contributed by atoms with Crippen molar-refractivity contribution in [1.82, 2.24) is 0 Å². The van der Waals surface area contributed by atoms with Gasteiger partial charge in [0.15, 0.2) is 5.78 Å². The maximum Gasteiger partial charge on any atom is 0.189 e. The highest BCUT2D eigenvalue weighted by atomic mass is 16.6. The summed E-state index contributed by atoms with van der Waals surface area (Å²) in [6.07, 6.45) is -0.146. The second kappa shape index (κ2) is 1.71. The lowest BCUT2D eigenvalue weighted by atomic mass is 10.2. The predicted molar refractivity (Wildman–Crippen MR) is 29.6 cm³/mol. The first-order chi connectivity index (χ1) is 3.72. The van der Waals surface area contributed by atoms with E-state index in [0.29, 0.717) is 12.2 Å². The minimum absolute atomic E-state index is 0.0463. The molecule has 1 rings (SSSR count). The topological polar surface area (TPSA) is 29.6 Å². The number of epoxide rings is 1. The first kappa shape index (κ1) is 5.51. The van der Waals surface area contributed by atoms with Crippen molar-refractivity contribution >= 4 is 5.78 Å². The molecule has 2 heteroatoms. The molecule has 1 aliphatic heterocycles. The average Bonchev–Trinajstić information content (AvgIpc) is 2.43. The Kier molecular flexibility index (Phi) is 1.18. The summed E-state index contributed by atoms with van der Waals surface area (Å²) < 4.78 is 4.72. The smallest absolute Gasteiger partial charge is 0.189 e. The molecule has 0 aromatic heterocycles. The van der Waals surface area contributed by atoms with Crippen LogP contribution in [-0.4, -0.2) is 18.5 Å². The number of carbonyl (C=O) groups is 1. The van der Waals surface area contributed by atoms with Crippen LogP contribution >= 0.6 is 0 Å². The maximum atomic E-state index is 10.7. The Morgan fingerprint density at radius 2 is 2.38 bits per heavy atom. The van der Waals surface area contributed by atoms with Crippen LogP contribution in [0.2, 0.25) is 0 Å². The van der Waals surface area contributed by atoms with Crippen LogP contribution in [-0.2, 0) is 9.53 Å². The SMILES string of the molecule is C=C(C)C(=O)C1CO1. The van der Waals surface area contributed by atoms with Crippen molar-refractivity contribution < 1.29 is 9.53 Å². The van der Waals surface area contributed by atoms with Gasteiger partial charge in [-0.3, -0.25) is 4.79 Å². The number of Topliss-reactive ketones (excluding diaryl/α,β-unsaturated/α-hetero) is 1. The molecule has 0 amide bonds. The first-order valence-electron chi connectivity index (χ1n) is 2.53. The molecule has 2 nitrogen and oxygen atoms in total. The van der Waals surface area contributed by atoms with Crippen molar-refractivity contribution in [3.8, 4) is 0 Å². The van der Waals surface area contributed by atoms with Gasteiger partial charge in [0.25, 0.3) is 0 Å². The second-order valence-electron chi connectivity index (χ2n) is 1.97. The summed E-state index contributed by atoms with van der Waals surface area (Å²) in [5.41, 5.74) is 0.590. The van der Waals surface area contributed by atoms with E-state index in [9.17, 15) is 4.79 Å². The number of rotatable bonds is 2. The molecule has 1 atom stereocenters. The van der Waals surface area contributed by atoms with Crippen molar-refractivity contribution in [2.75, 3.05) is 6.61 Å². The fourth-order valence-corrected chi connectivity index (χ4v) is 0.474. The van der Waals surface area contributed by atoms with Crippen LogP contribution in [0, 0.1) is 0 Å². The van der Waals surface area contributed by atoms with Gasteiger partial charge in [-0.2, -0.15) is 0 Å². The molecule has 0 saturated carbocycles. The lowest BCUT2D eigenvalue weighted by Gasteiger charge is -1.88. The molecule has 1 unspecified atom stereocenters. The van der Waals surface area contributed by atoms with E-state index in [-0.39, 0.29) is 11.9 Å². The van der Waals surface area contributed by atoms with E-state index in [1.807, 2.05) is 0 Å². The zero-order valence-corrected chi connectivity index (χ0v) is 4.81. The van der Waals surface area contributed by atoms with E-state index >= 15 is 0 Å². The number of hydrogen-bond donors (Lipinski definition) is 0. The maximum absolute atomic E-state index is 10.7. The van der Waals surface area contributed by atoms with Crippen LogP contribution < -0.4 is 0 Å². The quantitative estimate of drug-likeness (QED) is 0.385. The molecule has 0 bridgehead atoms. The monoisotopic (exact) mass is 112 g/mol. The summed E-state index contributed by atoms with van der Waals surface area (Å²) in [4.78, 5) is 10.7. The van der Waals surface area contributed by atoms with Crippen LogP contribution in [0.3, 0.4) is 0 Å². The highest BCUT2D eigenvalue weighted by Crippen LogP contribution is 2.13. The zero-order valence-electron chi connectivity index (χ0n) is 4.81. The Morgan fingerprint density at radius 1 is 1.88 bits per heavy atom. The van der Waals surface area contributed by atoms with Gasteiger partial charge in [-0.25, -0.2) is 0 Å². The standard InChI is InChI=1S/C6H8O2/c1-4(2)6(7)5-3-8-5/h5H,1,3H2,2H3. The van der Waals surface area contributed by atoms with Crippen molar-refractivity contribution in [1.29, 1.82) is 0 Å². The third-order valence-corrected chi connectivity index (χ3v) is 1.05. The Hall–Kier alpha value is -0.630. The van der Waals surface area contributed by atoms with Gasteiger partial charge in [0.1, 0.15) is 6.10 Å². The molecule has 0 aromatic rings. The highest BCUT2D eigenvalue weighted by Gasteiger charge is 2.30. The van der Waals surface area contributed by atoms with E-state index < -0.39 is 0 Å². The summed E-state index contributed by atoms with van der Waals surface area (Å²) in [6, 6.07) is 0. The second-order valence-corrected chi connectivity index (χ2v) is 1.97. The summed E-state index contributed by atoms with van der Waals surface area (Å²) in [6.45, 7) is 5.77. The number of hydrogen-bond acceptors (Lipinski definition) is 2. The van der Waals surface area contributed by atoms with Crippen LogP contribution in [0.4, 0.5) is 0 Å². The molecule has 1 saturated heterocycles. The minimum atomic E-state index is -0.146. The molecule has 0 spiro atoms. The average molecular weight is 112 g/mol. The Bertz CT molecular complexity index is 133. The number of ketones is 1. The molecular weight excluding hydrogens is 104 g/mol. The summed E-state index contributed by atoms with van der Waals surface area (Å²) in [5, 5.41) is 0. The molecule has 0 aliphatic carbocycles. The summed E-state index contributed by atoms with van der Waals surface area (Å²) in [5.74, 6) is 0.0463. The van der Waals surface area contributed by atoms with E-state index in [4.69, 9.17) is 4.74 Å². The minimum Gasteiger partial charge on any atom is -0.364 e. The first-order valence-corrected chi connectivity index (χ1v) is 2.53. The Balaban J connectivity index is 2.45. The molecule has 1 aliphatic rings. The van der Waals surface area contributed by atoms with Crippen molar-refractivity contribution in [2.24, 2.45) is 0 Å². The van der Waals surface area contributed by atoms with Crippen molar-refractivity contribution in [2.45, 2.75) is 13.0 Å². The fraction of sp³-hybridized carbons (Fsp3) is 0.500. The molecule has 0 N–H and O–H groups in total. The van der Waals surface area contributed by atoms with Gasteiger partial charge in [0.05, 0.1) is 6.61 Å². The molecule has 1 heterocycles. The molecule has 1 fully saturated rings. The molecular formula is C6H8O2. The molecule has 44 valence electrons. The normalized spacial score (nSPS) is 24.9. The van der Waals surface area contributed by atoms with Gasteiger partial charge < -0.3 is 4.74 Å². The summed E-state index contributed by atoms with van der Waals surface area (Å²) in [7, 11) is 0. The lowest BCUT2D eigenvalue weighted by molar-refractivity contribution is -0.116. The van der Waals surface area contributed by atoms with Gasteiger partial charge in [-0.05, 0) is 12.5 Å². The van der Waals surface area contributed by atoms with Crippen molar-refractivity contribution in [3.05, 3.63) is 12.2 Å². The predicted octanol–water partition coefficient (Wildman–Crippen LogP) is 0.530. The van der Waals surface area contributed by atoms with E-state index in [1.54, 1.807) is 6.92 Å². The van der Waals surface area contributed by atoms with Gasteiger partial charge in [-0.15, -0.1) is 0 Å². The molecule has 0 aromatic carbocycles. The van der Waals surface area contributed by atoms with Crippen LogP contribution in [0.5, 0.6) is 0 Å². The van der Waals surface area contributed by atoms with Crippen LogP contribution in [0.15, 0.2) is 12.2 Å². The highest BCUT2D eigenvalue weighted by molar-refractivity contribution is 5.99. The fourth-order valence-electron chi connectivity index (χ4n) is 0.474. The van der Waals surface area contributed by atoms with Crippen LogP contribution in [0.1, 0.15) is 6.92 Å². The largest absolute Gasteiger partial charge is 0.364 e. The molecule has 0 radical (unpaired) electrons. The Labute approximate surface area is 48.1 Å². The number of carbonyl (C=O) groups excluding carboxylic acids is 1.